The third-order valence-corrected chi connectivity index (χ3v) is 3.81. The van der Waals surface area contributed by atoms with E-state index in [1.807, 2.05) is 6.07 Å². The molecule has 0 aliphatic heterocycles. The molecule has 1 atom stereocenters. The molecule has 1 amide bonds. The van der Waals surface area contributed by atoms with Gasteiger partial charge in [0, 0.05) is 17.2 Å². The van der Waals surface area contributed by atoms with E-state index in [1.165, 1.54) is 24.3 Å². The predicted octanol–water partition coefficient (Wildman–Crippen LogP) is 3.13. The Labute approximate surface area is 160 Å². The van der Waals surface area contributed by atoms with Gasteiger partial charge in [0.25, 0.3) is 11.8 Å². The van der Waals surface area contributed by atoms with Crippen molar-refractivity contribution in [1.29, 1.82) is 0 Å². The van der Waals surface area contributed by atoms with Gasteiger partial charge in [0.1, 0.15) is 5.82 Å². The van der Waals surface area contributed by atoms with Crippen LogP contribution in [-0.4, -0.2) is 28.1 Å². The Kier molecular flexibility index (Phi) is 6.11. The van der Waals surface area contributed by atoms with Crippen LogP contribution < -0.4 is 5.32 Å². The number of ether oxygens (including phenoxy) is 1. The SMILES string of the molecule is CC(CC(=O)OCc1nc(-c2ccc(F)cc2)no1)NC(=O)c1ccccc1. The zero-order chi connectivity index (χ0) is 19.9. The van der Waals surface area contributed by atoms with Crippen LogP contribution in [0.3, 0.4) is 0 Å². The van der Waals surface area contributed by atoms with Gasteiger partial charge in [-0.25, -0.2) is 4.39 Å². The predicted molar refractivity (Wildman–Crippen MR) is 97.5 cm³/mol. The number of aromatic nitrogens is 2. The molecule has 28 heavy (non-hydrogen) atoms. The van der Waals surface area contributed by atoms with E-state index >= 15 is 0 Å². The summed E-state index contributed by atoms with van der Waals surface area (Å²) in [6.45, 7) is 1.52. The van der Waals surface area contributed by atoms with Crippen LogP contribution in [0.25, 0.3) is 11.4 Å². The molecule has 0 spiro atoms. The molecule has 0 saturated carbocycles. The first-order chi connectivity index (χ1) is 13.5. The van der Waals surface area contributed by atoms with Crippen LogP contribution >= 0.6 is 0 Å². The number of hydrogen-bond donors (Lipinski definition) is 1. The van der Waals surface area contributed by atoms with Gasteiger partial charge in [0.15, 0.2) is 6.61 Å². The zero-order valence-corrected chi connectivity index (χ0v) is 15.1. The van der Waals surface area contributed by atoms with Crippen LogP contribution in [-0.2, 0) is 16.1 Å². The summed E-state index contributed by atoms with van der Waals surface area (Å²) < 4.78 is 23.1. The van der Waals surface area contributed by atoms with Crippen molar-refractivity contribution in [1.82, 2.24) is 15.5 Å². The molecule has 0 aliphatic carbocycles. The zero-order valence-electron chi connectivity index (χ0n) is 15.1. The second kappa shape index (κ2) is 8.90. The largest absolute Gasteiger partial charge is 0.455 e. The number of carbonyl (C=O) groups excluding carboxylic acids is 2. The fourth-order valence-corrected chi connectivity index (χ4v) is 2.43. The highest BCUT2D eigenvalue weighted by atomic mass is 19.1. The molecule has 0 radical (unpaired) electrons. The Bertz CT molecular complexity index is 942. The standard InChI is InChI=1S/C20H18FN3O4/c1-13(22-20(26)15-5-3-2-4-6-15)11-18(25)27-12-17-23-19(24-28-17)14-7-9-16(21)10-8-14/h2-10,13H,11-12H2,1H3,(H,22,26). The molecule has 0 fully saturated rings. The molecule has 144 valence electrons. The fraction of sp³-hybridized carbons (Fsp3) is 0.200. The molecular weight excluding hydrogens is 365 g/mol. The Morgan fingerprint density at radius 2 is 1.86 bits per heavy atom. The fourth-order valence-electron chi connectivity index (χ4n) is 2.43. The van der Waals surface area contributed by atoms with Gasteiger partial charge in [-0.3, -0.25) is 9.59 Å². The molecular formula is C20H18FN3O4. The van der Waals surface area contributed by atoms with Crippen LogP contribution in [0.5, 0.6) is 0 Å². The van der Waals surface area contributed by atoms with Gasteiger partial charge in [-0.2, -0.15) is 4.98 Å². The average molecular weight is 383 g/mol. The van der Waals surface area contributed by atoms with Crippen molar-refractivity contribution in [3.63, 3.8) is 0 Å². The Morgan fingerprint density at radius 3 is 2.57 bits per heavy atom. The Morgan fingerprint density at radius 1 is 1.14 bits per heavy atom. The van der Waals surface area contributed by atoms with E-state index in [9.17, 15) is 14.0 Å². The first-order valence-electron chi connectivity index (χ1n) is 8.61. The smallest absolute Gasteiger partial charge is 0.308 e. The number of nitrogens with one attached hydrogen (secondary N) is 1. The minimum absolute atomic E-state index is 0.00245. The second-order valence-electron chi connectivity index (χ2n) is 6.12. The highest BCUT2D eigenvalue weighted by Gasteiger charge is 2.16. The molecule has 3 rings (SSSR count). The number of carbonyl (C=O) groups is 2. The maximum Gasteiger partial charge on any atom is 0.308 e. The second-order valence-corrected chi connectivity index (χ2v) is 6.12. The van der Waals surface area contributed by atoms with E-state index in [2.05, 4.69) is 15.5 Å². The van der Waals surface area contributed by atoms with E-state index in [-0.39, 0.29) is 36.5 Å². The van der Waals surface area contributed by atoms with Gasteiger partial charge in [-0.05, 0) is 43.3 Å². The van der Waals surface area contributed by atoms with E-state index < -0.39 is 12.0 Å². The molecule has 2 aromatic carbocycles. The average Bonchev–Trinajstić information content (AvgIpc) is 3.16. The first kappa shape index (κ1) is 19.2. The lowest BCUT2D eigenvalue weighted by Gasteiger charge is -2.13. The summed E-state index contributed by atoms with van der Waals surface area (Å²) in [6.07, 6.45) is -0.00245. The van der Waals surface area contributed by atoms with E-state index in [0.717, 1.165) is 0 Å². The van der Waals surface area contributed by atoms with E-state index in [1.54, 1.807) is 31.2 Å². The van der Waals surface area contributed by atoms with Crippen LogP contribution in [0.15, 0.2) is 59.1 Å². The molecule has 0 saturated heterocycles. The highest BCUT2D eigenvalue weighted by Crippen LogP contribution is 2.16. The van der Waals surface area contributed by atoms with Crippen LogP contribution in [0.4, 0.5) is 4.39 Å². The van der Waals surface area contributed by atoms with Crippen molar-refractivity contribution in [2.45, 2.75) is 26.0 Å². The van der Waals surface area contributed by atoms with Gasteiger partial charge in [0.05, 0.1) is 6.42 Å². The third-order valence-electron chi connectivity index (χ3n) is 3.81. The van der Waals surface area contributed by atoms with Crippen molar-refractivity contribution >= 4 is 11.9 Å². The maximum absolute atomic E-state index is 12.9. The summed E-state index contributed by atoms with van der Waals surface area (Å²) in [4.78, 5) is 28.1. The summed E-state index contributed by atoms with van der Waals surface area (Å²) in [5.41, 5.74) is 1.10. The van der Waals surface area contributed by atoms with E-state index in [4.69, 9.17) is 9.26 Å². The van der Waals surface area contributed by atoms with Crippen LogP contribution in [0.2, 0.25) is 0 Å². The van der Waals surface area contributed by atoms with Crippen molar-refractivity contribution in [3.05, 3.63) is 71.9 Å². The summed E-state index contributed by atoms with van der Waals surface area (Å²) in [6, 6.07) is 13.9. The van der Waals surface area contributed by atoms with Gasteiger partial charge in [0.2, 0.25) is 5.82 Å². The summed E-state index contributed by atoms with van der Waals surface area (Å²) in [5, 5.41) is 6.50. The maximum atomic E-state index is 12.9. The molecule has 1 unspecified atom stereocenters. The molecule has 7 nitrogen and oxygen atoms in total. The minimum atomic E-state index is -0.512. The quantitative estimate of drug-likeness (QED) is 0.630. The van der Waals surface area contributed by atoms with Crippen LogP contribution in [0, 0.1) is 5.82 Å². The van der Waals surface area contributed by atoms with Crippen molar-refractivity contribution in [2.24, 2.45) is 0 Å². The van der Waals surface area contributed by atoms with Crippen LogP contribution in [0.1, 0.15) is 29.6 Å². The normalized spacial score (nSPS) is 11.6. The lowest BCUT2D eigenvalue weighted by atomic mass is 10.2. The number of nitrogens with zero attached hydrogens (tertiary/aromatic N) is 2. The monoisotopic (exact) mass is 383 g/mol. The molecule has 1 aromatic heterocycles. The lowest BCUT2D eigenvalue weighted by molar-refractivity contribution is -0.146. The molecule has 1 N–H and O–H groups in total. The third kappa shape index (κ3) is 5.23. The van der Waals surface area contributed by atoms with Crippen molar-refractivity contribution in [2.75, 3.05) is 0 Å². The van der Waals surface area contributed by atoms with E-state index in [0.29, 0.717) is 11.1 Å². The van der Waals surface area contributed by atoms with Crippen molar-refractivity contribution in [3.8, 4) is 11.4 Å². The number of amides is 1. The topological polar surface area (TPSA) is 94.3 Å². The molecule has 1 heterocycles. The minimum Gasteiger partial charge on any atom is -0.455 e. The Balaban J connectivity index is 1.46. The highest BCUT2D eigenvalue weighted by molar-refractivity contribution is 5.94. The lowest BCUT2D eigenvalue weighted by Crippen LogP contribution is -2.34. The number of esters is 1. The van der Waals surface area contributed by atoms with Gasteiger partial charge in [-0.15, -0.1) is 0 Å². The van der Waals surface area contributed by atoms with Gasteiger partial charge in [-0.1, -0.05) is 23.4 Å². The number of rotatable bonds is 7. The van der Waals surface area contributed by atoms with Gasteiger partial charge < -0.3 is 14.6 Å². The van der Waals surface area contributed by atoms with Gasteiger partial charge >= 0.3 is 5.97 Å². The number of hydrogen-bond acceptors (Lipinski definition) is 6. The summed E-state index contributed by atoms with van der Waals surface area (Å²) >= 11 is 0. The summed E-state index contributed by atoms with van der Waals surface area (Å²) in [5.74, 6) is -0.748. The number of halogens is 1. The molecule has 8 heteroatoms. The van der Waals surface area contributed by atoms with Crippen molar-refractivity contribution < 1.29 is 23.2 Å². The number of benzene rings is 2. The molecule has 0 bridgehead atoms. The molecule has 3 aromatic rings. The first-order valence-corrected chi connectivity index (χ1v) is 8.61. The molecule has 0 aliphatic rings. The Hall–Kier alpha value is -3.55. The summed E-state index contributed by atoms with van der Waals surface area (Å²) in [7, 11) is 0.